The van der Waals surface area contributed by atoms with E-state index in [1.807, 2.05) is 0 Å². The van der Waals surface area contributed by atoms with Gasteiger partial charge in [0.25, 0.3) is 0 Å². The van der Waals surface area contributed by atoms with Crippen molar-refractivity contribution in [2.75, 3.05) is 6.54 Å². The molecule has 1 nitrogen and oxygen atoms in total. The maximum Gasteiger partial charge on any atom is 0.0124 e. The molecule has 2 saturated heterocycles. The molecule has 0 N–H and O–H groups in total. The third-order valence-electron chi connectivity index (χ3n) is 4.87. The number of unbranched alkanes of at least 4 members (excludes halogenated alkanes) is 3. The maximum atomic E-state index is 3.79. The molecule has 2 fully saturated rings. The van der Waals surface area contributed by atoms with E-state index in [1.54, 1.807) is 0 Å². The van der Waals surface area contributed by atoms with Crippen molar-refractivity contribution in [3.8, 4) is 0 Å². The Balaban J connectivity index is 1.71. The molecule has 2 aliphatic rings. The SMILES string of the molecule is C=CCCCCCC1CCC(C)C2CCCN12. The van der Waals surface area contributed by atoms with Gasteiger partial charge >= 0.3 is 0 Å². The van der Waals surface area contributed by atoms with E-state index in [4.69, 9.17) is 0 Å². The van der Waals surface area contributed by atoms with Crippen LogP contribution in [0.2, 0.25) is 0 Å². The summed E-state index contributed by atoms with van der Waals surface area (Å²) >= 11 is 0. The monoisotopic (exact) mass is 235 g/mol. The van der Waals surface area contributed by atoms with Gasteiger partial charge in [-0.15, -0.1) is 6.58 Å². The Kier molecular flexibility index (Phi) is 5.09. The molecular formula is C16H29N. The number of fused-ring (bicyclic) bond motifs is 1. The van der Waals surface area contributed by atoms with Gasteiger partial charge in [-0.1, -0.05) is 25.8 Å². The van der Waals surface area contributed by atoms with Gasteiger partial charge in [0.15, 0.2) is 0 Å². The normalized spacial score (nSPS) is 33.6. The maximum absolute atomic E-state index is 3.79. The summed E-state index contributed by atoms with van der Waals surface area (Å²) in [4.78, 5) is 2.85. The lowest BCUT2D eigenvalue weighted by atomic mass is 9.85. The van der Waals surface area contributed by atoms with Crippen LogP contribution in [0.15, 0.2) is 12.7 Å². The molecule has 0 saturated carbocycles. The molecule has 17 heavy (non-hydrogen) atoms. The first-order valence-corrected chi connectivity index (χ1v) is 7.69. The summed E-state index contributed by atoms with van der Waals surface area (Å²) in [5, 5.41) is 0. The van der Waals surface area contributed by atoms with E-state index in [0.717, 1.165) is 18.0 Å². The van der Waals surface area contributed by atoms with Crippen molar-refractivity contribution in [1.82, 2.24) is 4.90 Å². The van der Waals surface area contributed by atoms with Crippen molar-refractivity contribution >= 4 is 0 Å². The summed E-state index contributed by atoms with van der Waals surface area (Å²) in [6.45, 7) is 7.63. The molecule has 0 amide bonds. The lowest BCUT2D eigenvalue weighted by Crippen LogP contribution is -2.46. The summed E-state index contributed by atoms with van der Waals surface area (Å²) in [5.41, 5.74) is 0. The van der Waals surface area contributed by atoms with Gasteiger partial charge in [0.2, 0.25) is 0 Å². The predicted octanol–water partition coefficient (Wildman–Crippen LogP) is 4.39. The first-order valence-electron chi connectivity index (χ1n) is 7.69. The highest BCUT2D eigenvalue weighted by Crippen LogP contribution is 2.36. The van der Waals surface area contributed by atoms with Crippen LogP contribution in [0.3, 0.4) is 0 Å². The van der Waals surface area contributed by atoms with Crippen molar-refractivity contribution < 1.29 is 0 Å². The van der Waals surface area contributed by atoms with Crippen LogP contribution in [0.4, 0.5) is 0 Å². The Morgan fingerprint density at radius 2 is 2.06 bits per heavy atom. The molecule has 0 radical (unpaired) electrons. The number of allylic oxidation sites excluding steroid dienone is 1. The van der Waals surface area contributed by atoms with E-state index in [9.17, 15) is 0 Å². The summed E-state index contributed by atoms with van der Waals surface area (Å²) in [6, 6.07) is 1.85. The number of nitrogens with zero attached hydrogens (tertiary/aromatic N) is 1. The first kappa shape index (κ1) is 13.1. The molecule has 0 aromatic rings. The Bertz CT molecular complexity index is 236. The van der Waals surface area contributed by atoms with Crippen LogP contribution < -0.4 is 0 Å². The molecule has 0 aromatic heterocycles. The fourth-order valence-corrected chi connectivity index (χ4v) is 3.85. The summed E-state index contributed by atoms with van der Waals surface area (Å²) in [7, 11) is 0. The van der Waals surface area contributed by atoms with E-state index in [-0.39, 0.29) is 0 Å². The molecule has 0 aliphatic carbocycles. The minimum atomic E-state index is 0.919. The fourth-order valence-electron chi connectivity index (χ4n) is 3.85. The molecule has 2 heterocycles. The zero-order valence-corrected chi connectivity index (χ0v) is 11.5. The molecule has 3 unspecified atom stereocenters. The van der Waals surface area contributed by atoms with Gasteiger partial charge in [-0.3, -0.25) is 4.90 Å². The van der Waals surface area contributed by atoms with Crippen molar-refractivity contribution in [3.05, 3.63) is 12.7 Å². The minimum Gasteiger partial charge on any atom is -0.297 e. The fraction of sp³-hybridized carbons (Fsp3) is 0.875. The Morgan fingerprint density at radius 3 is 2.88 bits per heavy atom. The molecular weight excluding hydrogens is 206 g/mol. The summed E-state index contributed by atoms with van der Waals surface area (Å²) < 4.78 is 0. The highest BCUT2D eigenvalue weighted by molar-refractivity contribution is 4.92. The van der Waals surface area contributed by atoms with Gasteiger partial charge in [0.05, 0.1) is 0 Å². The average Bonchev–Trinajstić information content (AvgIpc) is 2.81. The van der Waals surface area contributed by atoms with Gasteiger partial charge in [-0.25, -0.2) is 0 Å². The second kappa shape index (κ2) is 6.58. The van der Waals surface area contributed by atoms with Crippen molar-refractivity contribution in [1.29, 1.82) is 0 Å². The lowest BCUT2D eigenvalue weighted by molar-refractivity contribution is 0.0751. The smallest absolute Gasteiger partial charge is 0.0124 e. The third-order valence-corrected chi connectivity index (χ3v) is 4.87. The van der Waals surface area contributed by atoms with Crippen molar-refractivity contribution in [2.24, 2.45) is 5.92 Å². The largest absolute Gasteiger partial charge is 0.297 e. The number of rotatable bonds is 6. The Labute approximate surface area is 107 Å². The minimum absolute atomic E-state index is 0.919. The quantitative estimate of drug-likeness (QED) is 0.487. The molecule has 2 aliphatic heterocycles. The molecule has 2 rings (SSSR count). The second-order valence-electron chi connectivity index (χ2n) is 6.08. The standard InChI is InChI=1S/C16H29N/c1-3-4-5-6-7-9-15-12-11-14(2)16-10-8-13-17(15)16/h3,14-16H,1,4-13H2,2H3. The number of hydrogen-bond donors (Lipinski definition) is 0. The number of piperidine rings is 1. The third kappa shape index (κ3) is 3.34. The zero-order valence-electron chi connectivity index (χ0n) is 11.5. The van der Waals surface area contributed by atoms with Crippen LogP contribution in [-0.2, 0) is 0 Å². The van der Waals surface area contributed by atoms with E-state index >= 15 is 0 Å². The van der Waals surface area contributed by atoms with Crippen LogP contribution in [0.25, 0.3) is 0 Å². The van der Waals surface area contributed by atoms with Crippen LogP contribution in [0.1, 0.15) is 64.7 Å². The van der Waals surface area contributed by atoms with Gasteiger partial charge in [-0.2, -0.15) is 0 Å². The lowest BCUT2D eigenvalue weighted by Gasteiger charge is -2.41. The van der Waals surface area contributed by atoms with E-state index < -0.39 is 0 Å². The highest BCUT2D eigenvalue weighted by Gasteiger charge is 2.37. The Hall–Kier alpha value is -0.300. The highest BCUT2D eigenvalue weighted by atomic mass is 15.2. The molecule has 3 atom stereocenters. The predicted molar refractivity (Wildman–Crippen MR) is 75.2 cm³/mol. The van der Waals surface area contributed by atoms with Crippen LogP contribution in [-0.4, -0.2) is 23.5 Å². The topological polar surface area (TPSA) is 3.24 Å². The van der Waals surface area contributed by atoms with Gasteiger partial charge in [0.1, 0.15) is 0 Å². The van der Waals surface area contributed by atoms with Gasteiger partial charge < -0.3 is 0 Å². The molecule has 1 heteroatoms. The van der Waals surface area contributed by atoms with Crippen molar-refractivity contribution in [3.63, 3.8) is 0 Å². The molecule has 0 aromatic carbocycles. The second-order valence-corrected chi connectivity index (χ2v) is 6.08. The van der Waals surface area contributed by atoms with Gasteiger partial charge in [-0.05, 0) is 57.4 Å². The Morgan fingerprint density at radius 1 is 1.18 bits per heavy atom. The van der Waals surface area contributed by atoms with E-state index in [2.05, 4.69) is 24.5 Å². The number of hydrogen-bond acceptors (Lipinski definition) is 1. The van der Waals surface area contributed by atoms with E-state index in [0.29, 0.717) is 0 Å². The van der Waals surface area contributed by atoms with Crippen LogP contribution in [0.5, 0.6) is 0 Å². The van der Waals surface area contributed by atoms with Crippen molar-refractivity contribution in [2.45, 2.75) is 76.8 Å². The molecule has 0 bridgehead atoms. The van der Waals surface area contributed by atoms with Crippen LogP contribution >= 0.6 is 0 Å². The average molecular weight is 235 g/mol. The van der Waals surface area contributed by atoms with Crippen LogP contribution in [0, 0.1) is 5.92 Å². The summed E-state index contributed by atoms with van der Waals surface area (Å²) in [5.74, 6) is 0.953. The molecule has 98 valence electrons. The van der Waals surface area contributed by atoms with E-state index in [1.165, 1.54) is 64.3 Å². The first-order chi connectivity index (χ1) is 8.33. The summed E-state index contributed by atoms with van der Waals surface area (Å²) in [6.07, 6.45) is 14.7. The molecule has 0 spiro atoms. The zero-order chi connectivity index (χ0) is 12.1. The van der Waals surface area contributed by atoms with Gasteiger partial charge in [0, 0.05) is 12.1 Å².